The van der Waals surface area contributed by atoms with Gasteiger partial charge in [-0.25, -0.2) is 0 Å². The van der Waals surface area contributed by atoms with Gasteiger partial charge in [-0.15, -0.1) is 0 Å². The molecule has 0 aromatic heterocycles. The zero-order chi connectivity index (χ0) is 14.8. The molecule has 4 atom stereocenters. The maximum atomic E-state index is 11.3. The van der Waals surface area contributed by atoms with E-state index >= 15 is 0 Å². The fourth-order valence-corrected chi connectivity index (χ4v) is 4.86. The third-order valence-electron chi connectivity index (χ3n) is 5.32. The van der Waals surface area contributed by atoms with Crippen LogP contribution in [0.4, 0.5) is 0 Å². The minimum atomic E-state index is -0.671. The first-order chi connectivity index (χ1) is 10.1. The Labute approximate surface area is 131 Å². The van der Waals surface area contributed by atoms with E-state index in [4.69, 9.17) is 0 Å². The lowest BCUT2D eigenvalue weighted by Gasteiger charge is -2.27. The van der Waals surface area contributed by atoms with Crippen LogP contribution in [0.15, 0.2) is 24.3 Å². The molecule has 116 valence electrons. The van der Waals surface area contributed by atoms with Crippen molar-refractivity contribution in [2.45, 2.75) is 51.1 Å². The second kappa shape index (κ2) is 6.62. The second-order valence-corrected chi connectivity index (χ2v) is 8.49. The van der Waals surface area contributed by atoms with Crippen LogP contribution in [0.5, 0.6) is 0 Å². The predicted octanol–water partition coefficient (Wildman–Crippen LogP) is 2.93. The summed E-state index contributed by atoms with van der Waals surface area (Å²) in [5.41, 5.74) is 3.14. The van der Waals surface area contributed by atoms with Crippen molar-refractivity contribution in [2.24, 2.45) is 11.8 Å². The number of benzene rings is 1. The topological polar surface area (TPSA) is 29.1 Å². The first-order valence-corrected chi connectivity index (χ1v) is 9.99. The van der Waals surface area contributed by atoms with E-state index in [-0.39, 0.29) is 0 Å². The van der Waals surface area contributed by atoms with E-state index in [0.29, 0.717) is 12.1 Å². The molecular formula is C18H27NOS. The van der Waals surface area contributed by atoms with Gasteiger partial charge < -0.3 is 5.32 Å². The molecule has 3 rings (SSSR count). The second-order valence-electron chi connectivity index (χ2n) is 6.93. The van der Waals surface area contributed by atoms with Crippen LogP contribution in [-0.2, 0) is 23.6 Å². The summed E-state index contributed by atoms with van der Waals surface area (Å²) in [6.45, 7) is 2.25. The number of fused-ring (bicyclic) bond motifs is 3. The number of hydrogen-bond donors (Lipinski definition) is 1. The Bertz CT molecular complexity index is 483. The molecule has 2 aliphatic carbocycles. The van der Waals surface area contributed by atoms with Gasteiger partial charge in [0.1, 0.15) is 0 Å². The Kier molecular flexibility index (Phi) is 4.80. The summed E-state index contributed by atoms with van der Waals surface area (Å²) in [7, 11) is -0.671. The average Bonchev–Trinajstić information content (AvgIpc) is 2.72. The highest BCUT2D eigenvalue weighted by molar-refractivity contribution is 7.84. The highest BCUT2D eigenvalue weighted by Crippen LogP contribution is 2.40. The van der Waals surface area contributed by atoms with Gasteiger partial charge in [0.15, 0.2) is 0 Å². The molecular weight excluding hydrogens is 278 g/mol. The van der Waals surface area contributed by atoms with Gasteiger partial charge in [-0.1, -0.05) is 24.3 Å². The first-order valence-electron chi connectivity index (χ1n) is 8.26. The molecule has 0 amide bonds. The van der Waals surface area contributed by atoms with E-state index in [9.17, 15) is 4.21 Å². The van der Waals surface area contributed by atoms with Crippen LogP contribution >= 0.6 is 0 Å². The maximum absolute atomic E-state index is 11.3. The number of hydrogen-bond acceptors (Lipinski definition) is 2. The Balaban J connectivity index is 1.67. The lowest BCUT2D eigenvalue weighted by atomic mass is 9.94. The van der Waals surface area contributed by atoms with E-state index in [0.717, 1.165) is 24.0 Å². The zero-order valence-corrected chi connectivity index (χ0v) is 14.0. The largest absolute Gasteiger partial charge is 0.311 e. The normalized spacial score (nSPS) is 30.5. The molecule has 3 heteroatoms. The van der Waals surface area contributed by atoms with Crippen LogP contribution < -0.4 is 5.32 Å². The Morgan fingerprint density at radius 2 is 1.76 bits per heavy atom. The molecule has 0 saturated heterocycles. The molecule has 1 aromatic carbocycles. The van der Waals surface area contributed by atoms with Crippen LogP contribution in [-0.4, -0.2) is 28.3 Å². The minimum Gasteiger partial charge on any atom is -0.311 e. The Hall–Kier alpha value is -0.670. The molecule has 0 spiro atoms. The summed E-state index contributed by atoms with van der Waals surface area (Å²) < 4.78 is 11.3. The zero-order valence-electron chi connectivity index (χ0n) is 13.2. The van der Waals surface area contributed by atoms with Gasteiger partial charge in [-0.05, 0) is 62.0 Å². The van der Waals surface area contributed by atoms with Crippen molar-refractivity contribution in [3.63, 3.8) is 0 Å². The van der Waals surface area contributed by atoms with E-state index in [1.54, 1.807) is 17.4 Å². The fourth-order valence-electron chi connectivity index (χ4n) is 4.18. The van der Waals surface area contributed by atoms with Crippen molar-refractivity contribution in [2.75, 3.05) is 12.0 Å². The van der Waals surface area contributed by atoms with Crippen LogP contribution in [0.2, 0.25) is 0 Å². The van der Waals surface area contributed by atoms with Crippen molar-refractivity contribution >= 4 is 10.8 Å². The third kappa shape index (κ3) is 3.57. The van der Waals surface area contributed by atoms with Gasteiger partial charge in [0.05, 0.1) is 0 Å². The summed E-state index contributed by atoms with van der Waals surface area (Å²) >= 11 is 0. The van der Waals surface area contributed by atoms with E-state index in [1.165, 1.54) is 25.7 Å². The van der Waals surface area contributed by atoms with Crippen LogP contribution in [0.3, 0.4) is 0 Å². The van der Waals surface area contributed by atoms with Gasteiger partial charge in [0, 0.05) is 34.9 Å². The highest BCUT2D eigenvalue weighted by atomic mass is 32.2. The van der Waals surface area contributed by atoms with Crippen LogP contribution in [0.1, 0.15) is 37.3 Å². The Morgan fingerprint density at radius 3 is 2.29 bits per heavy atom. The molecule has 2 bridgehead atoms. The standard InChI is InChI=1S/C18H27NOS/c1-13(9-10-21(2)20)19-18-16-7-8-17(18)12-15-6-4-3-5-14(15)11-16/h3-6,13,16-19H,7-12H2,1-2H3. The van der Waals surface area contributed by atoms with Gasteiger partial charge in [0.25, 0.3) is 0 Å². The molecule has 0 aliphatic heterocycles. The van der Waals surface area contributed by atoms with Crippen molar-refractivity contribution in [1.29, 1.82) is 0 Å². The predicted molar refractivity (Wildman–Crippen MR) is 90.0 cm³/mol. The van der Waals surface area contributed by atoms with Crippen molar-refractivity contribution < 1.29 is 4.21 Å². The number of rotatable bonds is 5. The summed E-state index contributed by atoms with van der Waals surface area (Å²) in [4.78, 5) is 0. The lowest BCUT2D eigenvalue weighted by Crippen LogP contribution is -2.43. The summed E-state index contributed by atoms with van der Waals surface area (Å²) in [5.74, 6) is 2.39. The molecule has 1 saturated carbocycles. The van der Waals surface area contributed by atoms with E-state index in [2.05, 4.69) is 36.5 Å². The van der Waals surface area contributed by atoms with Crippen molar-refractivity contribution in [3.8, 4) is 0 Å². The van der Waals surface area contributed by atoms with Crippen molar-refractivity contribution in [1.82, 2.24) is 5.32 Å². The molecule has 4 unspecified atom stereocenters. The van der Waals surface area contributed by atoms with Crippen molar-refractivity contribution in [3.05, 3.63) is 35.4 Å². The lowest BCUT2D eigenvalue weighted by molar-refractivity contribution is 0.310. The first kappa shape index (κ1) is 15.2. The van der Waals surface area contributed by atoms with Crippen LogP contribution in [0.25, 0.3) is 0 Å². The van der Waals surface area contributed by atoms with Gasteiger partial charge >= 0.3 is 0 Å². The van der Waals surface area contributed by atoms with Gasteiger partial charge in [-0.2, -0.15) is 0 Å². The van der Waals surface area contributed by atoms with Gasteiger partial charge in [-0.3, -0.25) is 4.21 Å². The molecule has 0 radical (unpaired) electrons. The summed E-state index contributed by atoms with van der Waals surface area (Å²) in [5, 5.41) is 3.88. The molecule has 1 fully saturated rings. The monoisotopic (exact) mass is 305 g/mol. The Morgan fingerprint density at radius 1 is 1.19 bits per heavy atom. The van der Waals surface area contributed by atoms with E-state index < -0.39 is 10.8 Å². The molecule has 2 nitrogen and oxygen atoms in total. The third-order valence-corrected chi connectivity index (χ3v) is 6.13. The molecule has 1 aromatic rings. The minimum absolute atomic E-state index is 0.475. The molecule has 2 aliphatic rings. The molecule has 1 N–H and O–H groups in total. The summed E-state index contributed by atoms with van der Waals surface area (Å²) in [6.07, 6.45) is 8.02. The van der Waals surface area contributed by atoms with E-state index in [1.807, 2.05) is 0 Å². The van der Waals surface area contributed by atoms with Crippen LogP contribution in [0, 0.1) is 11.8 Å². The molecule has 21 heavy (non-hydrogen) atoms. The van der Waals surface area contributed by atoms with Gasteiger partial charge in [0.2, 0.25) is 0 Å². The summed E-state index contributed by atoms with van der Waals surface area (Å²) in [6, 6.07) is 10.1. The quantitative estimate of drug-likeness (QED) is 0.906. The number of nitrogens with one attached hydrogen (secondary N) is 1. The molecule has 0 heterocycles. The maximum Gasteiger partial charge on any atom is 0.0246 e. The SMILES string of the molecule is CC(CCS(C)=O)NC1C2CCC1Cc1ccccc1C2. The fraction of sp³-hybridized carbons (Fsp3) is 0.667. The highest BCUT2D eigenvalue weighted by Gasteiger charge is 2.39. The smallest absolute Gasteiger partial charge is 0.0246 e. The average molecular weight is 305 g/mol.